The zero-order valence-corrected chi connectivity index (χ0v) is 11.0. The lowest BCUT2D eigenvalue weighted by Gasteiger charge is -2.12. The molecule has 2 rings (SSSR count). The van der Waals surface area contributed by atoms with E-state index in [1.54, 1.807) is 0 Å². The van der Waals surface area contributed by atoms with Crippen molar-refractivity contribution < 1.29 is 12.8 Å². The van der Waals surface area contributed by atoms with Crippen LogP contribution in [0.5, 0.6) is 0 Å². The van der Waals surface area contributed by atoms with Crippen LogP contribution < -0.4 is 0 Å². The van der Waals surface area contributed by atoms with Gasteiger partial charge in [-0.05, 0) is 47.0 Å². The van der Waals surface area contributed by atoms with Gasteiger partial charge in [0.05, 0.1) is 10.1 Å². The number of rotatable bonds is 2. The topological polar surface area (TPSA) is 34.1 Å². The lowest BCUT2D eigenvalue weighted by molar-refractivity contribution is 0.578. The predicted octanol–water partition coefficient (Wildman–Crippen LogP) is 3.30. The first-order chi connectivity index (χ1) is 7.51. The van der Waals surface area contributed by atoms with E-state index in [1.165, 1.54) is 18.2 Å². The van der Waals surface area contributed by atoms with Gasteiger partial charge in [0.25, 0.3) is 0 Å². The molecule has 0 spiro atoms. The first kappa shape index (κ1) is 12.0. The van der Waals surface area contributed by atoms with E-state index >= 15 is 0 Å². The molecular weight excluding hydrogens is 295 g/mol. The Morgan fingerprint density at radius 2 is 1.88 bits per heavy atom. The molecule has 0 heterocycles. The van der Waals surface area contributed by atoms with Crippen molar-refractivity contribution in [1.82, 2.24) is 0 Å². The van der Waals surface area contributed by atoms with Crippen molar-refractivity contribution in [2.75, 3.05) is 0 Å². The van der Waals surface area contributed by atoms with Crippen LogP contribution in [0, 0.1) is 5.82 Å². The largest absolute Gasteiger partial charge is 0.223 e. The summed E-state index contributed by atoms with van der Waals surface area (Å²) in [5.41, 5.74) is 0. The van der Waals surface area contributed by atoms with Gasteiger partial charge in [0.2, 0.25) is 0 Å². The zero-order chi connectivity index (χ0) is 11.8. The summed E-state index contributed by atoms with van der Waals surface area (Å²) in [6, 6.07) is 3.72. The Kier molecular flexibility index (Phi) is 3.35. The molecule has 0 saturated heterocycles. The van der Waals surface area contributed by atoms with Crippen LogP contribution in [0.25, 0.3) is 0 Å². The molecule has 1 aliphatic carbocycles. The van der Waals surface area contributed by atoms with Gasteiger partial charge < -0.3 is 0 Å². The summed E-state index contributed by atoms with van der Waals surface area (Å²) in [4.78, 5) is 0.209. The van der Waals surface area contributed by atoms with Crippen LogP contribution in [-0.2, 0) is 9.84 Å². The second-order valence-corrected chi connectivity index (χ2v) is 7.08. The van der Waals surface area contributed by atoms with Crippen LogP contribution in [-0.4, -0.2) is 13.7 Å². The molecule has 0 unspecified atom stereocenters. The van der Waals surface area contributed by atoms with Gasteiger partial charge in [0.15, 0.2) is 9.84 Å². The molecule has 0 radical (unpaired) electrons. The second-order valence-electron chi connectivity index (χ2n) is 4.03. The number of benzene rings is 1. The lowest BCUT2D eigenvalue weighted by atomic mass is 10.3. The maximum Gasteiger partial charge on any atom is 0.182 e. The van der Waals surface area contributed by atoms with Crippen molar-refractivity contribution in [3.63, 3.8) is 0 Å². The summed E-state index contributed by atoms with van der Waals surface area (Å²) in [7, 11) is -3.30. The zero-order valence-electron chi connectivity index (χ0n) is 8.62. The van der Waals surface area contributed by atoms with E-state index in [0.717, 1.165) is 12.8 Å². The van der Waals surface area contributed by atoms with Crippen LogP contribution in [0.3, 0.4) is 0 Å². The molecule has 0 atom stereocenters. The maximum atomic E-state index is 12.9. The molecule has 2 nitrogen and oxygen atoms in total. The van der Waals surface area contributed by atoms with Crippen molar-refractivity contribution >= 4 is 25.8 Å². The Balaban J connectivity index is 2.42. The van der Waals surface area contributed by atoms with E-state index in [9.17, 15) is 12.8 Å². The first-order valence-electron chi connectivity index (χ1n) is 5.21. The van der Waals surface area contributed by atoms with E-state index < -0.39 is 15.7 Å². The monoisotopic (exact) mass is 306 g/mol. The molecule has 88 valence electrons. The Morgan fingerprint density at radius 3 is 2.44 bits per heavy atom. The highest BCUT2D eigenvalue weighted by atomic mass is 79.9. The van der Waals surface area contributed by atoms with Gasteiger partial charge in [-0.25, -0.2) is 12.8 Å². The summed E-state index contributed by atoms with van der Waals surface area (Å²) >= 11 is 3.11. The average molecular weight is 307 g/mol. The summed E-state index contributed by atoms with van der Waals surface area (Å²) in [6.07, 6.45) is 3.35. The fourth-order valence-electron chi connectivity index (χ4n) is 2.08. The number of sulfone groups is 1. The molecule has 0 aliphatic heterocycles. The smallest absolute Gasteiger partial charge is 0.182 e. The molecule has 0 bridgehead atoms. The molecule has 1 aromatic carbocycles. The standard InChI is InChI=1S/C11H12BrFO2S/c12-10-7-8(13)5-6-11(10)16(14,15)9-3-1-2-4-9/h5-7,9H,1-4H2. The van der Waals surface area contributed by atoms with Crippen LogP contribution in [0.1, 0.15) is 25.7 Å². The maximum absolute atomic E-state index is 12.9. The Morgan fingerprint density at radius 1 is 1.25 bits per heavy atom. The molecule has 16 heavy (non-hydrogen) atoms. The van der Waals surface area contributed by atoms with Crippen LogP contribution in [0.2, 0.25) is 0 Å². The van der Waals surface area contributed by atoms with E-state index in [4.69, 9.17) is 0 Å². The molecule has 0 amide bonds. The third-order valence-electron chi connectivity index (χ3n) is 2.94. The van der Waals surface area contributed by atoms with Gasteiger partial charge in [-0.15, -0.1) is 0 Å². The number of hydrogen-bond acceptors (Lipinski definition) is 2. The SMILES string of the molecule is O=S(=O)(c1ccc(F)cc1Br)C1CCCC1. The number of halogens is 2. The molecule has 1 aromatic rings. The van der Waals surface area contributed by atoms with Gasteiger partial charge in [-0.2, -0.15) is 0 Å². The predicted molar refractivity (Wildman–Crippen MR) is 63.5 cm³/mol. The molecule has 1 aliphatic rings. The molecule has 0 aromatic heterocycles. The minimum absolute atomic E-state index is 0.209. The molecule has 1 fully saturated rings. The van der Waals surface area contributed by atoms with Gasteiger partial charge in [-0.3, -0.25) is 0 Å². The molecule has 0 N–H and O–H groups in total. The Labute approximate surface area is 103 Å². The van der Waals surface area contributed by atoms with Gasteiger partial charge in [0, 0.05) is 4.47 Å². The third kappa shape index (κ3) is 2.15. The highest BCUT2D eigenvalue weighted by Crippen LogP contribution is 2.33. The van der Waals surface area contributed by atoms with Crippen molar-refractivity contribution in [2.24, 2.45) is 0 Å². The fraction of sp³-hybridized carbons (Fsp3) is 0.455. The van der Waals surface area contributed by atoms with E-state index in [0.29, 0.717) is 17.3 Å². The summed E-state index contributed by atoms with van der Waals surface area (Å²) in [5, 5.41) is -0.297. The lowest BCUT2D eigenvalue weighted by Crippen LogP contribution is -2.18. The van der Waals surface area contributed by atoms with Gasteiger partial charge in [0.1, 0.15) is 5.82 Å². The number of hydrogen-bond donors (Lipinski definition) is 0. The highest BCUT2D eigenvalue weighted by molar-refractivity contribution is 9.10. The summed E-state index contributed by atoms with van der Waals surface area (Å²) in [6.45, 7) is 0. The van der Waals surface area contributed by atoms with Crippen LogP contribution in [0.4, 0.5) is 4.39 Å². The molecular formula is C11H12BrFO2S. The van der Waals surface area contributed by atoms with Crippen molar-refractivity contribution in [3.05, 3.63) is 28.5 Å². The van der Waals surface area contributed by atoms with Crippen LogP contribution >= 0.6 is 15.9 Å². The van der Waals surface area contributed by atoms with Crippen molar-refractivity contribution in [2.45, 2.75) is 35.8 Å². The molecule has 1 saturated carbocycles. The van der Waals surface area contributed by atoms with Gasteiger partial charge >= 0.3 is 0 Å². The minimum Gasteiger partial charge on any atom is -0.223 e. The quantitative estimate of drug-likeness (QED) is 0.786. The van der Waals surface area contributed by atoms with E-state index in [1.807, 2.05) is 0 Å². The normalized spacial score (nSPS) is 17.9. The minimum atomic E-state index is -3.30. The van der Waals surface area contributed by atoms with Crippen LogP contribution in [0.15, 0.2) is 27.6 Å². The highest BCUT2D eigenvalue weighted by Gasteiger charge is 2.31. The van der Waals surface area contributed by atoms with Crippen molar-refractivity contribution in [1.29, 1.82) is 0 Å². The Hall–Kier alpha value is -0.420. The third-order valence-corrected chi connectivity index (χ3v) is 6.18. The first-order valence-corrected chi connectivity index (χ1v) is 7.54. The Bertz CT molecular complexity index is 493. The van der Waals surface area contributed by atoms with E-state index in [2.05, 4.69) is 15.9 Å². The average Bonchev–Trinajstić information content (AvgIpc) is 2.69. The van der Waals surface area contributed by atoms with Crippen molar-refractivity contribution in [3.8, 4) is 0 Å². The summed E-state index contributed by atoms with van der Waals surface area (Å²) in [5.74, 6) is -0.433. The second kappa shape index (κ2) is 4.45. The van der Waals surface area contributed by atoms with E-state index in [-0.39, 0.29) is 10.1 Å². The fourth-order valence-corrected chi connectivity index (χ4v) is 5.01. The molecule has 5 heteroatoms. The van der Waals surface area contributed by atoms with Gasteiger partial charge in [-0.1, -0.05) is 12.8 Å². The summed E-state index contributed by atoms with van der Waals surface area (Å²) < 4.78 is 37.6.